The second-order valence-corrected chi connectivity index (χ2v) is 8.63. The molecule has 0 bridgehead atoms. The molecule has 8 heteroatoms. The molecule has 0 amide bonds. The van der Waals surface area contributed by atoms with Crippen LogP contribution in [0.15, 0.2) is 69.0 Å². The third-order valence-corrected chi connectivity index (χ3v) is 5.65. The van der Waals surface area contributed by atoms with Gasteiger partial charge < -0.3 is 9.47 Å². The number of fused-ring (bicyclic) bond motifs is 2. The Morgan fingerprint density at radius 2 is 1.94 bits per heavy atom. The van der Waals surface area contributed by atoms with Crippen LogP contribution in [0.4, 0.5) is 0 Å². The molecular formula is C25H22BrN3O4. The van der Waals surface area contributed by atoms with Gasteiger partial charge in [0.2, 0.25) is 0 Å². The summed E-state index contributed by atoms with van der Waals surface area (Å²) in [6.07, 6.45) is 1.58. The van der Waals surface area contributed by atoms with Crippen molar-refractivity contribution in [3.63, 3.8) is 0 Å². The molecule has 0 saturated carbocycles. The molecule has 0 unspecified atom stereocenters. The van der Waals surface area contributed by atoms with E-state index in [1.54, 1.807) is 18.3 Å². The Morgan fingerprint density at radius 3 is 2.70 bits per heavy atom. The van der Waals surface area contributed by atoms with E-state index in [0.717, 1.165) is 15.2 Å². The van der Waals surface area contributed by atoms with Crippen LogP contribution in [0.25, 0.3) is 21.7 Å². The van der Waals surface area contributed by atoms with Crippen LogP contribution in [0.3, 0.4) is 0 Å². The number of aromatic nitrogens is 2. The summed E-state index contributed by atoms with van der Waals surface area (Å²) in [5, 5.41) is 6.85. The van der Waals surface area contributed by atoms with Gasteiger partial charge >= 0.3 is 5.97 Å². The van der Waals surface area contributed by atoms with E-state index in [2.05, 4.69) is 30.8 Å². The monoisotopic (exact) mass is 507 g/mol. The minimum atomic E-state index is -0.492. The van der Waals surface area contributed by atoms with Crippen molar-refractivity contribution in [1.29, 1.82) is 0 Å². The smallest absolute Gasteiger partial charge is 0.343 e. The average Bonchev–Trinajstić information content (AvgIpc) is 2.82. The molecule has 33 heavy (non-hydrogen) atoms. The molecule has 0 N–H and O–H groups in total. The number of methoxy groups -OCH3 is 1. The number of nitrogens with zero attached hydrogens (tertiary/aromatic N) is 3. The number of ether oxygens (including phenoxy) is 2. The maximum Gasteiger partial charge on any atom is 0.343 e. The Kier molecular flexibility index (Phi) is 6.55. The summed E-state index contributed by atoms with van der Waals surface area (Å²) in [6.45, 7) is 3.68. The Bertz CT molecular complexity index is 1440. The number of halogens is 1. The molecule has 0 fully saturated rings. The molecule has 0 spiro atoms. The van der Waals surface area contributed by atoms with Gasteiger partial charge in [-0.1, -0.05) is 60.1 Å². The fourth-order valence-corrected chi connectivity index (χ4v) is 3.86. The number of esters is 1. The molecule has 0 atom stereocenters. The van der Waals surface area contributed by atoms with Gasteiger partial charge in [-0.3, -0.25) is 4.79 Å². The minimum absolute atomic E-state index is 0.0366. The van der Waals surface area contributed by atoms with Gasteiger partial charge in [0.1, 0.15) is 11.6 Å². The Balaban J connectivity index is 1.89. The summed E-state index contributed by atoms with van der Waals surface area (Å²) >= 11 is 3.42. The van der Waals surface area contributed by atoms with Gasteiger partial charge in [-0.2, -0.15) is 9.78 Å². The van der Waals surface area contributed by atoms with E-state index >= 15 is 0 Å². The number of carbonyl (C=O) groups excluding carboxylic acids is 1. The minimum Gasteiger partial charge on any atom is -0.481 e. The number of hydrogen-bond donors (Lipinski definition) is 0. The largest absolute Gasteiger partial charge is 0.481 e. The van der Waals surface area contributed by atoms with E-state index in [-0.39, 0.29) is 18.1 Å². The molecule has 4 aromatic rings. The molecule has 1 aromatic heterocycles. The first-order valence-corrected chi connectivity index (χ1v) is 11.2. The van der Waals surface area contributed by atoms with Crippen molar-refractivity contribution in [1.82, 2.24) is 9.66 Å². The third-order valence-electron chi connectivity index (χ3n) is 5.16. The zero-order chi connectivity index (χ0) is 23.5. The highest BCUT2D eigenvalue weighted by molar-refractivity contribution is 9.10. The normalized spacial score (nSPS) is 11.5. The lowest BCUT2D eigenvalue weighted by Crippen LogP contribution is -2.23. The molecule has 3 aromatic carbocycles. The van der Waals surface area contributed by atoms with Crippen LogP contribution in [0, 0.1) is 0 Å². The van der Waals surface area contributed by atoms with E-state index < -0.39 is 5.97 Å². The molecule has 168 valence electrons. The summed E-state index contributed by atoms with van der Waals surface area (Å²) < 4.78 is 12.5. The van der Waals surface area contributed by atoms with Gasteiger partial charge in [-0.25, -0.2) is 9.78 Å². The zero-order valence-electron chi connectivity index (χ0n) is 18.4. The highest BCUT2D eigenvalue weighted by Gasteiger charge is 2.15. The number of benzene rings is 3. The predicted octanol–water partition coefficient (Wildman–Crippen LogP) is 4.87. The lowest BCUT2D eigenvalue weighted by Gasteiger charge is -2.13. The van der Waals surface area contributed by atoms with Gasteiger partial charge in [0, 0.05) is 16.0 Å². The van der Waals surface area contributed by atoms with Crippen molar-refractivity contribution < 1.29 is 14.3 Å². The Labute approximate surface area is 198 Å². The SMILES string of the molecule is COC(=O)COc1ccc2ccccc2c1C=Nn1c(C(C)C)nc2ccc(Br)cc2c1=O. The lowest BCUT2D eigenvalue weighted by molar-refractivity contribution is -0.142. The molecule has 0 saturated heterocycles. The predicted molar refractivity (Wildman–Crippen MR) is 132 cm³/mol. The molecule has 0 aliphatic carbocycles. The van der Waals surface area contributed by atoms with Gasteiger partial charge in [-0.05, 0) is 35.0 Å². The first-order chi connectivity index (χ1) is 15.9. The maximum absolute atomic E-state index is 13.3. The standard InChI is InChI=1S/C25H22BrN3O4/c1-15(2)24-28-21-10-9-17(26)12-19(21)25(31)29(24)27-13-20-18-7-5-4-6-16(18)8-11-22(20)33-14-23(30)32-3/h4-13,15H,14H2,1-3H3. The average molecular weight is 508 g/mol. The number of hydrogen-bond acceptors (Lipinski definition) is 6. The molecule has 0 radical (unpaired) electrons. The van der Waals surface area contributed by atoms with Crippen LogP contribution >= 0.6 is 15.9 Å². The first kappa shape index (κ1) is 22.7. The highest BCUT2D eigenvalue weighted by Crippen LogP contribution is 2.27. The maximum atomic E-state index is 13.3. The van der Waals surface area contributed by atoms with Crippen molar-refractivity contribution in [3.8, 4) is 5.75 Å². The molecule has 7 nitrogen and oxygen atoms in total. The summed E-state index contributed by atoms with van der Waals surface area (Å²) in [7, 11) is 1.30. The van der Waals surface area contributed by atoms with Crippen LogP contribution in [-0.2, 0) is 9.53 Å². The second-order valence-electron chi connectivity index (χ2n) is 7.71. The van der Waals surface area contributed by atoms with Crippen molar-refractivity contribution in [3.05, 3.63) is 80.8 Å². The summed E-state index contributed by atoms with van der Waals surface area (Å²) in [5.74, 6) is 0.473. The Morgan fingerprint density at radius 1 is 1.15 bits per heavy atom. The van der Waals surface area contributed by atoms with E-state index in [1.807, 2.05) is 56.3 Å². The van der Waals surface area contributed by atoms with Gasteiger partial charge in [0.15, 0.2) is 6.61 Å². The van der Waals surface area contributed by atoms with Crippen molar-refractivity contribution in [2.24, 2.45) is 5.10 Å². The lowest BCUT2D eigenvalue weighted by atomic mass is 10.0. The summed E-state index contributed by atoms with van der Waals surface area (Å²) in [5.41, 5.74) is 0.997. The van der Waals surface area contributed by atoms with Crippen LogP contribution in [0.1, 0.15) is 31.2 Å². The van der Waals surface area contributed by atoms with Crippen molar-refractivity contribution in [2.45, 2.75) is 19.8 Å². The van der Waals surface area contributed by atoms with Crippen LogP contribution in [0.2, 0.25) is 0 Å². The van der Waals surface area contributed by atoms with Crippen LogP contribution in [-0.4, -0.2) is 35.6 Å². The first-order valence-electron chi connectivity index (χ1n) is 10.4. The van der Waals surface area contributed by atoms with Crippen molar-refractivity contribution >= 4 is 49.8 Å². The van der Waals surface area contributed by atoms with Crippen molar-refractivity contribution in [2.75, 3.05) is 13.7 Å². The third kappa shape index (κ3) is 4.66. The van der Waals surface area contributed by atoms with Gasteiger partial charge in [0.25, 0.3) is 5.56 Å². The molecule has 4 rings (SSSR count). The van der Waals surface area contributed by atoms with E-state index in [0.29, 0.717) is 28.0 Å². The van der Waals surface area contributed by atoms with Gasteiger partial charge in [-0.15, -0.1) is 0 Å². The van der Waals surface area contributed by atoms with Crippen LogP contribution in [0.5, 0.6) is 5.75 Å². The van der Waals surface area contributed by atoms with E-state index in [1.165, 1.54) is 11.8 Å². The zero-order valence-corrected chi connectivity index (χ0v) is 20.0. The summed E-state index contributed by atoms with van der Waals surface area (Å²) in [6, 6.07) is 16.8. The van der Waals surface area contributed by atoms with Crippen LogP contribution < -0.4 is 10.3 Å². The molecule has 0 aliphatic heterocycles. The van der Waals surface area contributed by atoms with E-state index in [9.17, 15) is 9.59 Å². The summed E-state index contributed by atoms with van der Waals surface area (Å²) in [4.78, 5) is 29.6. The fourth-order valence-electron chi connectivity index (χ4n) is 3.50. The number of carbonyl (C=O) groups is 1. The quantitative estimate of drug-likeness (QED) is 0.274. The molecule has 1 heterocycles. The van der Waals surface area contributed by atoms with Gasteiger partial charge in [0.05, 0.1) is 24.2 Å². The Hall–Kier alpha value is -3.52. The topological polar surface area (TPSA) is 82.8 Å². The fraction of sp³-hybridized carbons (Fsp3) is 0.200. The molecule has 0 aliphatic rings. The van der Waals surface area contributed by atoms with E-state index in [4.69, 9.17) is 4.74 Å². The highest BCUT2D eigenvalue weighted by atomic mass is 79.9. The number of rotatable bonds is 6. The molecular weight excluding hydrogens is 486 g/mol. The second kappa shape index (κ2) is 9.54.